The zero-order valence-corrected chi connectivity index (χ0v) is 17.6. The van der Waals surface area contributed by atoms with Gasteiger partial charge in [0.05, 0.1) is 6.20 Å². The third-order valence-electron chi connectivity index (χ3n) is 5.44. The molecule has 30 heavy (non-hydrogen) atoms. The van der Waals surface area contributed by atoms with E-state index in [9.17, 15) is 9.59 Å². The maximum Gasteiger partial charge on any atom is 0.223 e. The molecular formula is C23H31N3O4. The van der Waals surface area contributed by atoms with Gasteiger partial charge in [-0.15, -0.1) is 0 Å². The summed E-state index contributed by atoms with van der Waals surface area (Å²) in [6.45, 7) is 2.57. The summed E-state index contributed by atoms with van der Waals surface area (Å²) < 4.78 is 10.8. The number of piperidine rings is 1. The van der Waals surface area contributed by atoms with Gasteiger partial charge in [0, 0.05) is 57.7 Å². The number of amides is 2. The third kappa shape index (κ3) is 6.42. The number of aromatic nitrogens is 1. The van der Waals surface area contributed by atoms with Gasteiger partial charge in [-0.1, -0.05) is 30.3 Å². The average molecular weight is 414 g/mol. The molecule has 0 saturated carbocycles. The molecule has 162 valence electrons. The normalized spacial score (nSPS) is 14.6. The number of carbonyl (C=O) groups is 2. The van der Waals surface area contributed by atoms with Crippen molar-refractivity contribution < 1.29 is 18.7 Å². The van der Waals surface area contributed by atoms with Gasteiger partial charge in [0.25, 0.3) is 0 Å². The molecule has 1 N–H and O–H groups in total. The van der Waals surface area contributed by atoms with Crippen LogP contribution in [0.5, 0.6) is 0 Å². The predicted molar refractivity (Wildman–Crippen MR) is 114 cm³/mol. The van der Waals surface area contributed by atoms with Crippen molar-refractivity contribution in [3.63, 3.8) is 0 Å². The molecule has 0 radical (unpaired) electrons. The lowest BCUT2D eigenvalue weighted by Gasteiger charge is -2.31. The Kier molecular flexibility index (Phi) is 8.44. The summed E-state index contributed by atoms with van der Waals surface area (Å²) in [7, 11) is 1.65. The van der Waals surface area contributed by atoms with Gasteiger partial charge in [0.2, 0.25) is 11.8 Å². The first-order valence-corrected chi connectivity index (χ1v) is 10.7. The maximum absolute atomic E-state index is 12.5. The van der Waals surface area contributed by atoms with Crippen LogP contribution in [0.25, 0.3) is 11.3 Å². The van der Waals surface area contributed by atoms with E-state index < -0.39 is 0 Å². The number of hydrogen-bond acceptors (Lipinski definition) is 5. The molecule has 0 atom stereocenters. The predicted octanol–water partition coefficient (Wildman–Crippen LogP) is 3.06. The Hall–Kier alpha value is -2.67. The first-order valence-electron chi connectivity index (χ1n) is 10.7. The van der Waals surface area contributed by atoms with Gasteiger partial charge in [0.15, 0.2) is 11.7 Å². The number of methoxy groups -OCH3 is 1. The van der Waals surface area contributed by atoms with Crippen LogP contribution in [-0.4, -0.2) is 55.0 Å². The van der Waals surface area contributed by atoms with Crippen molar-refractivity contribution in [2.24, 2.45) is 5.92 Å². The molecule has 1 aromatic heterocycles. The van der Waals surface area contributed by atoms with Gasteiger partial charge < -0.3 is 19.4 Å². The van der Waals surface area contributed by atoms with Crippen LogP contribution in [0.2, 0.25) is 0 Å². The van der Waals surface area contributed by atoms with Crippen molar-refractivity contribution in [1.82, 2.24) is 15.2 Å². The highest BCUT2D eigenvalue weighted by Crippen LogP contribution is 2.21. The van der Waals surface area contributed by atoms with Gasteiger partial charge in [-0.25, -0.2) is 4.98 Å². The third-order valence-corrected chi connectivity index (χ3v) is 5.44. The van der Waals surface area contributed by atoms with Crippen LogP contribution in [0.3, 0.4) is 0 Å². The summed E-state index contributed by atoms with van der Waals surface area (Å²) in [5.41, 5.74) is 0.998. The minimum absolute atomic E-state index is 0.000297. The number of aryl methyl sites for hydroxylation is 1. The molecule has 0 bridgehead atoms. The van der Waals surface area contributed by atoms with Gasteiger partial charge >= 0.3 is 0 Å². The van der Waals surface area contributed by atoms with Gasteiger partial charge in [-0.2, -0.15) is 0 Å². The smallest absolute Gasteiger partial charge is 0.223 e. The maximum atomic E-state index is 12.5. The number of oxazole rings is 1. The van der Waals surface area contributed by atoms with Crippen molar-refractivity contribution >= 4 is 11.8 Å². The highest BCUT2D eigenvalue weighted by atomic mass is 16.5. The summed E-state index contributed by atoms with van der Waals surface area (Å²) in [5, 5.41) is 2.96. The Bertz CT molecular complexity index is 798. The van der Waals surface area contributed by atoms with Gasteiger partial charge in [0.1, 0.15) is 0 Å². The molecule has 1 aliphatic heterocycles. The van der Waals surface area contributed by atoms with Crippen LogP contribution in [0.1, 0.15) is 38.0 Å². The Labute approximate surface area is 177 Å². The molecule has 0 spiro atoms. The van der Waals surface area contributed by atoms with E-state index in [-0.39, 0.29) is 17.7 Å². The summed E-state index contributed by atoms with van der Waals surface area (Å²) in [6.07, 6.45) is 5.81. The lowest BCUT2D eigenvalue weighted by Crippen LogP contribution is -2.43. The van der Waals surface area contributed by atoms with Crippen LogP contribution < -0.4 is 5.32 Å². The van der Waals surface area contributed by atoms with E-state index in [2.05, 4.69) is 10.3 Å². The zero-order valence-electron chi connectivity index (χ0n) is 17.6. The SMILES string of the molecule is COCCCNC(=O)C1CCN(C(=O)CCCc2ncc(-c3ccccc3)o2)CC1. The second-order valence-corrected chi connectivity index (χ2v) is 7.63. The van der Waals surface area contributed by atoms with Gasteiger partial charge in [-0.05, 0) is 25.7 Å². The molecule has 1 aliphatic rings. The number of carbonyl (C=O) groups excluding carboxylic acids is 2. The van der Waals surface area contributed by atoms with Crippen LogP contribution in [0.4, 0.5) is 0 Å². The molecule has 7 heteroatoms. The molecule has 2 heterocycles. The number of ether oxygens (including phenoxy) is 1. The number of benzene rings is 1. The van der Waals surface area contributed by atoms with E-state index in [1.807, 2.05) is 35.2 Å². The largest absolute Gasteiger partial charge is 0.441 e. The number of nitrogens with one attached hydrogen (secondary N) is 1. The fourth-order valence-corrected chi connectivity index (χ4v) is 3.67. The quantitative estimate of drug-likeness (QED) is 0.605. The fraction of sp³-hybridized carbons (Fsp3) is 0.522. The van der Waals surface area contributed by atoms with Crippen LogP contribution >= 0.6 is 0 Å². The molecule has 3 rings (SSSR count). The van der Waals surface area contributed by atoms with Crippen LogP contribution in [-0.2, 0) is 20.7 Å². The Balaban J connectivity index is 1.34. The lowest BCUT2D eigenvalue weighted by atomic mass is 9.95. The van der Waals surface area contributed by atoms with Crippen molar-refractivity contribution in [2.75, 3.05) is 33.4 Å². The zero-order chi connectivity index (χ0) is 21.2. The Morgan fingerprint density at radius 2 is 1.97 bits per heavy atom. The monoisotopic (exact) mass is 413 g/mol. The molecule has 0 aliphatic carbocycles. The second-order valence-electron chi connectivity index (χ2n) is 7.63. The van der Waals surface area contributed by atoms with Crippen LogP contribution in [0, 0.1) is 5.92 Å². The Morgan fingerprint density at radius 3 is 2.70 bits per heavy atom. The lowest BCUT2D eigenvalue weighted by molar-refractivity contribution is -0.135. The molecule has 2 amide bonds. The number of likely N-dealkylation sites (tertiary alicyclic amines) is 1. The minimum Gasteiger partial charge on any atom is -0.441 e. The van der Waals surface area contributed by atoms with E-state index in [1.54, 1.807) is 13.3 Å². The van der Waals surface area contributed by atoms with E-state index in [0.29, 0.717) is 51.4 Å². The number of nitrogens with zero attached hydrogens (tertiary/aromatic N) is 2. The molecule has 1 aromatic carbocycles. The summed E-state index contributed by atoms with van der Waals surface area (Å²) >= 11 is 0. The molecule has 7 nitrogen and oxygen atoms in total. The van der Waals surface area contributed by atoms with E-state index in [0.717, 1.165) is 30.6 Å². The minimum atomic E-state index is 0.000297. The molecule has 2 aromatic rings. The topological polar surface area (TPSA) is 84.7 Å². The van der Waals surface area contributed by atoms with E-state index in [1.165, 1.54) is 0 Å². The molecular weight excluding hydrogens is 382 g/mol. The van der Waals surface area contributed by atoms with Crippen LogP contribution in [0.15, 0.2) is 40.9 Å². The van der Waals surface area contributed by atoms with Crippen molar-refractivity contribution in [3.8, 4) is 11.3 Å². The molecule has 1 fully saturated rings. The number of rotatable bonds is 10. The summed E-state index contributed by atoms with van der Waals surface area (Å²) in [5.74, 6) is 1.64. The second kappa shape index (κ2) is 11.5. The van der Waals surface area contributed by atoms with E-state index >= 15 is 0 Å². The van der Waals surface area contributed by atoms with Crippen molar-refractivity contribution in [1.29, 1.82) is 0 Å². The van der Waals surface area contributed by atoms with Crippen molar-refractivity contribution in [2.45, 2.75) is 38.5 Å². The summed E-state index contributed by atoms with van der Waals surface area (Å²) in [6, 6.07) is 9.86. The number of hydrogen-bond donors (Lipinski definition) is 1. The van der Waals surface area contributed by atoms with E-state index in [4.69, 9.17) is 9.15 Å². The highest BCUT2D eigenvalue weighted by molar-refractivity contribution is 5.80. The molecule has 0 unspecified atom stereocenters. The Morgan fingerprint density at radius 1 is 1.20 bits per heavy atom. The first-order chi connectivity index (χ1) is 14.7. The first kappa shape index (κ1) is 22.0. The average Bonchev–Trinajstić information content (AvgIpc) is 3.26. The fourth-order valence-electron chi connectivity index (χ4n) is 3.67. The molecule has 1 saturated heterocycles. The highest BCUT2D eigenvalue weighted by Gasteiger charge is 2.26. The summed E-state index contributed by atoms with van der Waals surface area (Å²) in [4.78, 5) is 30.9. The van der Waals surface area contributed by atoms with Gasteiger partial charge in [-0.3, -0.25) is 9.59 Å². The standard InChI is InChI=1S/C23H31N3O4/c1-29-16-6-13-24-23(28)19-11-14-26(15-12-19)22(27)10-5-9-21-25-17-20(30-21)18-7-3-2-4-8-18/h2-4,7-8,17,19H,5-6,9-16H2,1H3,(H,24,28). The van der Waals surface area contributed by atoms with Crippen molar-refractivity contribution in [3.05, 3.63) is 42.4 Å².